The number of carbonyl (C=O) groups is 2. The molecule has 1 aromatic rings. The van der Waals surface area contributed by atoms with E-state index in [9.17, 15) is 14.7 Å². The van der Waals surface area contributed by atoms with Crippen LogP contribution in [0, 0.1) is 0 Å². The lowest BCUT2D eigenvalue weighted by molar-refractivity contribution is -0.144. The molecule has 7 heteroatoms. The van der Waals surface area contributed by atoms with Gasteiger partial charge in [0.25, 0.3) is 0 Å². The number of benzene rings is 1. The van der Waals surface area contributed by atoms with Crippen LogP contribution < -0.4 is 10.6 Å². The fraction of sp³-hybridized carbons (Fsp3) is 0.385. The molecule has 0 spiro atoms. The summed E-state index contributed by atoms with van der Waals surface area (Å²) in [4.78, 5) is 23.3. The third-order valence-corrected chi connectivity index (χ3v) is 4.24. The van der Waals surface area contributed by atoms with Crippen molar-refractivity contribution in [3.8, 4) is 0 Å². The maximum absolute atomic E-state index is 12.0. The van der Waals surface area contributed by atoms with Crippen LogP contribution in [0.4, 0.5) is 10.5 Å². The van der Waals surface area contributed by atoms with Gasteiger partial charge < -0.3 is 15.7 Å². The topological polar surface area (TPSA) is 78.4 Å². The van der Waals surface area contributed by atoms with E-state index >= 15 is 0 Å². The van der Waals surface area contributed by atoms with Crippen LogP contribution >= 0.6 is 23.2 Å². The summed E-state index contributed by atoms with van der Waals surface area (Å²) in [7, 11) is 0. The maximum atomic E-state index is 12.0. The SMILES string of the molecule is O=C(Nc1cccc(Cl)c1Cl)NC1(C(=O)O)CCCC1. The zero-order valence-electron chi connectivity index (χ0n) is 10.6. The van der Waals surface area contributed by atoms with Crippen molar-refractivity contribution in [3.05, 3.63) is 28.2 Å². The van der Waals surface area contributed by atoms with Crippen molar-refractivity contribution in [2.75, 3.05) is 5.32 Å². The van der Waals surface area contributed by atoms with E-state index in [2.05, 4.69) is 10.6 Å². The lowest BCUT2D eigenvalue weighted by Gasteiger charge is -2.25. The van der Waals surface area contributed by atoms with E-state index < -0.39 is 17.5 Å². The van der Waals surface area contributed by atoms with Crippen LogP contribution in [0.15, 0.2) is 18.2 Å². The molecule has 1 fully saturated rings. The fourth-order valence-electron chi connectivity index (χ4n) is 2.34. The highest BCUT2D eigenvalue weighted by Gasteiger charge is 2.42. The van der Waals surface area contributed by atoms with Gasteiger partial charge in [0.2, 0.25) is 0 Å². The van der Waals surface area contributed by atoms with E-state index in [1.807, 2.05) is 0 Å². The summed E-state index contributed by atoms with van der Waals surface area (Å²) in [5.41, 5.74) is -0.843. The van der Waals surface area contributed by atoms with Gasteiger partial charge in [0, 0.05) is 0 Å². The predicted molar refractivity (Wildman–Crippen MR) is 77.5 cm³/mol. The Balaban J connectivity index is 2.09. The number of amides is 2. The van der Waals surface area contributed by atoms with Crippen LogP contribution in [0.1, 0.15) is 25.7 Å². The maximum Gasteiger partial charge on any atom is 0.329 e. The molecule has 0 aliphatic heterocycles. The van der Waals surface area contributed by atoms with Crippen molar-refractivity contribution in [1.29, 1.82) is 0 Å². The van der Waals surface area contributed by atoms with Crippen molar-refractivity contribution >= 4 is 40.9 Å². The molecule has 1 aliphatic carbocycles. The molecule has 0 bridgehead atoms. The zero-order chi connectivity index (χ0) is 14.8. The molecule has 3 N–H and O–H groups in total. The summed E-state index contributed by atoms with van der Waals surface area (Å²) in [6.45, 7) is 0. The number of urea groups is 1. The van der Waals surface area contributed by atoms with E-state index in [1.165, 1.54) is 0 Å². The van der Waals surface area contributed by atoms with Crippen molar-refractivity contribution < 1.29 is 14.7 Å². The smallest absolute Gasteiger partial charge is 0.329 e. The first kappa shape index (κ1) is 14.9. The van der Waals surface area contributed by atoms with Gasteiger partial charge in [-0.15, -0.1) is 0 Å². The van der Waals surface area contributed by atoms with Crippen LogP contribution in [-0.4, -0.2) is 22.6 Å². The molecular weight excluding hydrogens is 303 g/mol. The number of nitrogens with one attached hydrogen (secondary N) is 2. The number of carboxylic acids is 1. The second-order valence-corrected chi connectivity index (χ2v) is 5.56. The summed E-state index contributed by atoms with van der Waals surface area (Å²) in [6.07, 6.45) is 2.42. The minimum Gasteiger partial charge on any atom is -0.480 e. The van der Waals surface area contributed by atoms with Crippen LogP contribution in [0.25, 0.3) is 0 Å². The Morgan fingerprint density at radius 1 is 1.20 bits per heavy atom. The number of carbonyl (C=O) groups excluding carboxylic acids is 1. The summed E-state index contributed by atoms with van der Waals surface area (Å²) in [5, 5.41) is 14.9. The first-order valence-electron chi connectivity index (χ1n) is 6.21. The molecule has 2 amide bonds. The Labute approximate surface area is 126 Å². The van der Waals surface area contributed by atoms with E-state index in [0.717, 1.165) is 12.8 Å². The molecular formula is C13H14Cl2N2O3. The van der Waals surface area contributed by atoms with E-state index in [0.29, 0.717) is 23.6 Å². The molecule has 5 nitrogen and oxygen atoms in total. The van der Waals surface area contributed by atoms with Gasteiger partial charge in [-0.25, -0.2) is 9.59 Å². The Morgan fingerprint density at radius 3 is 2.45 bits per heavy atom. The second kappa shape index (κ2) is 5.89. The summed E-state index contributed by atoms with van der Waals surface area (Å²) >= 11 is 11.8. The summed E-state index contributed by atoms with van der Waals surface area (Å²) < 4.78 is 0. The monoisotopic (exact) mass is 316 g/mol. The number of hydrogen-bond donors (Lipinski definition) is 3. The molecule has 0 heterocycles. The lowest BCUT2D eigenvalue weighted by Crippen LogP contribution is -2.53. The van der Waals surface area contributed by atoms with Crippen molar-refractivity contribution in [2.45, 2.75) is 31.2 Å². The fourth-order valence-corrected chi connectivity index (χ4v) is 2.69. The van der Waals surface area contributed by atoms with Crippen LogP contribution in [-0.2, 0) is 4.79 Å². The zero-order valence-corrected chi connectivity index (χ0v) is 12.1. The molecule has 0 atom stereocenters. The minimum atomic E-state index is -1.19. The Hall–Kier alpha value is -1.46. The third-order valence-electron chi connectivity index (χ3n) is 3.42. The Bertz CT molecular complexity index is 542. The molecule has 1 saturated carbocycles. The number of carboxylic acid groups (broad SMARTS) is 1. The highest BCUT2D eigenvalue weighted by molar-refractivity contribution is 6.43. The molecule has 0 aromatic heterocycles. The number of aliphatic carboxylic acids is 1. The number of rotatable bonds is 3. The number of anilines is 1. The van der Waals surface area contributed by atoms with Gasteiger partial charge in [-0.1, -0.05) is 42.1 Å². The lowest BCUT2D eigenvalue weighted by atomic mass is 9.98. The van der Waals surface area contributed by atoms with Gasteiger partial charge in [-0.05, 0) is 25.0 Å². The van der Waals surface area contributed by atoms with Gasteiger partial charge >= 0.3 is 12.0 Å². The van der Waals surface area contributed by atoms with E-state index in [4.69, 9.17) is 23.2 Å². The quantitative estimate of drug-likeness (QED) is 0.798. The van der Waals surface area contributed by atoms with Crippen molar-refractivity contribution in [3.63, 3.8) is 0 Å². The summed E-state index contributed by atoms with van der Waals surface area (Å²) in [6, 6.07) is 4.24. The molecule has 20 heavy (non-hydrogen) atoms. The molecule has 2 rings (SSSR count). The number of halogens is 2. The highest BCUT2D eigenvalue weighted by atomic mass is 35.5. The molecule has 0 radical (unpaired) electrons. The molecule has 108 valence electrons. The Morgan fingerprint density at radius 2 is 1.85 bits per heavy atom. The minimum absolute atomic E-state index is 0.222. The standard InChI is InChI=1S/C13H14Cl2N2O3/c14-8-4-3-5-9(10(8)15)16-12(20)17-13(11(18)19)6-1-2-7-13/h3-5H,1-2,6-7H2,(H,18,19)(H2,16,17,20). The Kier molecular flexibility index (Phi) is 4.40. The van der Waals surface area contributed by atoms with Gasteiger partial charge in [-0.3, -0.25) is 0 Å². The first-order chi connectivity index (χ1) is 9.44. The van der Waals surface area contributed by atoms with E-state index in [-0.39, 0.29) is 5.02 Å². The van der Waals surface area contributed by atoms with Gasteiger partial charge in [0.1, 0.15) is 5.54 Å². The van der Waals surface area contributed by atoms with Crippen LogP contribution in [0.5, 0.6) is 0 Å². The largest absolute Gasteiger partial charge is 0.480 e. The average molecular weight is 317 g/mol. The number of hydrogen-bond acceptors (Lipinski definition) is 2. The van der Waals surface area contributed by atoms with Crippen molar-refractivity contribution in [1.82, 2.24) is 5.32 Å². The second-order valence-electron chi connectivity index (χ2n) is 4.77. The third kappa shape index (κ3) is 2.99. The van der Waals surface area contributed by atoms with Gasteiger partial charge in [0.15, 0.2) is 0 Å². The molecule has 0 saturated heterocycles. The average Bonchev–Trinajstić information content (AvgIpc) is 2.85. The molecule has 1 aliphatic rings. The van der Waals surface area contributed by atoms with Gasteiger partial charge in [0.05, 0.1) is 15.7 Å². The van der Waals surface area contributed by atoms with Gasteiger partial charge in [-0.2, -0.15) is 0 Å². The first-order valence-corrected chi connectivity index (χ1v) is 6.97. The summed E-state index contributed by atoms with van der Waals surface area (Å²) in [5.74, 6) is -1.01. The normalized spacial score (nSPS) is 16.7. The molecule has 1 aromatic carbocycles. The van der Waals surface area contributed by atoms with Crippen LogP contribution in [0.3, 0.4) is 0 Å². The molecule has 0 unspecified atom stereocenters. The predicted octanol–water partition coefficient (Wildman–Crippen LogP) is 3.51. The van der Waals surface area contributed by atoms with E-state index in [1.54, 1.807) is 18.2 Å². The van der Waals surface area contributed by atoms with Crippen LogP contribution in [0.2, 0.25) is 10.0 Å². The highest BCUT2D eigenvalue weighted by Crippen LogP contribution is 2.31. The van der Waals surface area contributed by atoms with Crippen molar-refractivity contribution in [2.24, 2.45) is 0 Å².